The molecule has 124 valence electrons. The van der Waals surface area contributed by atoms with Crippen molar-refractivity contribution in [2.45, 2.75) is 19.1 Å². The summed E-state index contributed by atoms with van der Waals surface area (Å²) in [4.78, 5) is 12.0. The maximum atomic E-state index is 12.0. The summed E-state index contributed by atoms with van der Waals surface area (Å²) in [5.41, 5.74) is 0.496. The highest BCUT2D eigenvalue weighted by atomic mass is 35.5. The monoisotopic (exact) mass is 338 g/mol. The van der Waals surface area contributed by atoms with E-state index in [0.717, 1.165) is 5.82 Å². The number of rotatable bonds is 8. The van der Waals surface area contributed by atoms with Gasteiger partial charge in [-0.25, -0.2) is 0 Å². The molecule has 0 spiro atoms. The van der Waals surface area contributed by atoms with Crippen LogP contribution < -0.4 is 5.32 Å². The molecule has 2 N–H and O–H groups in total. The fourth-order valence-corrected chi connectivity index (χ4v) is 2.17. The summed E-state index contributed by atoms with van der Waals surface area (Å²) in [6.45, 7) is 1.57. The Hall–Kier alpha value is -1.96. The minimum absolute atomic E-state index is 0.356. The van der Waals surface area contributed by atoms with Crippen LogP contribution in [0.25, 0.3) is 0 Å². The number of aliphatic hydroxyl groups excluding tert-OH is 1. The largest absolute Gasteiger partial charge is 0.383 e. The van der Waals surface area contributed by atoms with Crippen LogP contribution in [0, 0.1) is 0 Å². The number of carbonyl (C=O) groups excluding carboxylic acids is 1. The van der Waals surface area contributed by atoms with Crippen molar-refractivity contribution in [3.8, 4) is 0 Å². The molecule has 0 radical (unpaired) electrons. The van der Waals surface area contributed by atoms with Gasteiger partial charge in [0.25, 0.3) is 5.91 Å². The van der Waals surface area contributed by atoms with E-state index >= 15 is 0 Å². The Morgan fingerprint density at radius 3 is 2.87 bits per heavy atom. The van der Waals surface area contributed by atoms with E-state index < -0.39 is 12.0 Å². The van der Waals surface area contributed by atoms with Crippen molar-refractivity contribution in [2.24, 2.45) is 0 Å². The molecule has 1 atom stereocenters. The molecular weight excluding hydrogens is 320 g/mol. The number of amides is 1. The van der Waals surface area contributed by atoms with Crippen LogP contribution in [0.4, 0.5) is 0 Å². The van der Waals surface area contributed by atoms with Crippen LogP contribution in [0.3, 0.4) is 0 Å². The van der Waals surface area contributed by atoms with Crippen LogP contribution in [-0.2, 0) is 22.5 Å². The fourth-order valence-electron chi connectivity index (χ4n) is 2.04. The first kappa shape index (κ1) is 17.4. The molecule has 23 heavy (non-hydrogen) atoms. The predicted octanol–water partition coefficient (Wildman–Crippen LogP) is 0.970. The molecule has 0 aliphatic carbocycles. The molecule has 1 aromatic carbocycles. The summed E-state index contributed by atoms with van der Waals surface area (Å²) in [7, 11) is 1.63. The average Bonchev–Trinajstić information content (AvgIpc) is 3.00. The van der Waals surface area contributed by atoms with E-state index in [0.29, 0.717) is 36.7 Å². The van der Waals surface area contributed by atoms with Gasteiger partial charge in [0.1, 0.15) is 12.2 Å². The zero-order chi connectivity index (χ0) is 16.7. The summed E-state index contributed by atoms with van der Waals surface area (Å²) >= 11 is 5.78. The summed E-state index contributed by atoms with van der Waals surface area (Å²) < 4.78 is 6.88. The maximum Gasteiger partial charge on any atom is 0.253 e. The molecule has 0 fully saturated rings. The molecule has 1 amide bonds. The average molecular weight is 339 g/mol. The van der Waals surface area contributed by atoms with E-state index in [2.05, 4.69) is 15.5 Å². The second-order valence-electron chi connectivity index (χ2n) is 4.93. The minimum Gasteiger partial charge on any atom is -0.383 e. The molecule has 2 rings (SSSR count). The third kappa shape index (κ3) is 5.02. The number of ether oxygens (including phenoxy) is 1. The van der Waals surface area contributed by atoms with Gasteiger partial charge < -0.3 is 19.7 Å². The van der Waals surface area contributed by atoms with Gasteiger partial charge in [-0.2, -0.15) is 0 Å². The predicted molar refractivity (Wildman–Crippen MR) is 85.0 cm³/mol. The van der Waals surface area contributed by atoms with Gasteiger partial charge in [-0.05, 0) is 17.7 Å². The van der Waals surface area contributed by atoms with Crippen molar-refractivity contribution in [1.82, 2.24) is 20.1 Å². The number of aromatic nitrogens is 3. The molecule has 1 aromatic heterocycles. The number of carbonyl (C=O) groups is 1. The van der Waals surface area contributed by atoms with Gasteiger partial charge in [0.2, 0.25) is 0 Å². The van der Waals surface area contributed by atoms with E-state index in [1.807, 2.05) is 4.57 Å². The number of hydrogen-bond acceptors (Lipinski definition) is 5. The zero-order valence-electron chi connectivity index (χ0n) is 12.8. The number of nitrogens with zero attached hydrogens (tertiary/aromatic N) is 3. The molecule has 0 saturated carbocycles. The Morgan fingerprint density at radius 1 is 1.43 bits per heavy atom. The van der Waals surface area contributed by atoms with Gasteiger partial charge >= 0.3 is 0 Å². The van der Waals surface area contributed by atoms with Crippen LogP contribution in [0.15, 0.2) is 30.6 Å². The van der Waals surface area contributed by atoms with Crippen LogP contribution in [0.2, 0.25) is 5.02 Å². The summed E-state index contributed by atoms with van der Waals surface area (Å²) in [6, 6.07) is 6.50. The lowest BCUT2D eigenvalue weighted by molar-refractivity contribution is -0.129. The highest BCUT2D eigenvalue weighted by Crippen LogP contribution is 2.16. The highest BCUT2D eigenvalue weighted by molar-refractivity contribution is 6.30. The van der Waals surface area contributed by atoms with Gasteiger partial charge in [-0.3, -0.25) is 4.79 Å². The van der Waals surface area contributed by atoms with Crippen molar-refractivity contribution in [3.05, 3.63) is 47.0 Å². The Bertz CT molecular complexity index is 630. The standard InChI is InChI=1S/C15H19ClN4O3/c1-23-9-8-20-10-18-19-13(20)6-7-17-15(22)14(21)11-2-4-12(16)5-3-11/h2-5,10,14,21H,6-9H2,1H3,(H,17,22)/t14-/m1/s1. The molecule has 7 nitrogen and oxygen atoms in total. The Kier molecular flexibility index (Phi) is 6.52. The Balaban J connectivity index is 1.82. The molecule has 0 aliphatic rings. The van der Waals surface area contributed by atoms with Gasteiger partial charge in [0.05, 0.1) is 6.61 Å². The van der Waals surface area contributed by atoms with E-state index in [1.165, 1.54) is 0 Å². The van der Waals surface area contributed by atoms with Gasteiger partial charge in [0, 0.05) is 31.6 Å². The first-order chi connectivity index (χ1) is 11.1. The normalized spacial score (nSPS) is 12.1. The SMILES string of the molecule is COCCn1cnnc1CCNC(=O)[C@H](O)c1ccc(Cl)cc1. The summed E-state index contributed by atoms with van der Waals surface area (Å²) in [6.07, 6.45) is 0.917. The van der Waals surface area contributed by atoms with Crippen LogP contribution in [0.5, 0.6) is 0 Å². The molecule has 0 bridgehead atoms. The quantitative estimate of drug-likeness (QED) is 0.748. The second-order valence-corrected chi connectivity index (χ2v) is 5.36. The molecule has 0 unspecified atom stereocenters. The second kappa shape index (κ2) is 8.61. The Morgan fingerprint density at radius 2 is 2.17 bits per heavy atom. The van der Waals surface area contributed by atoms with Crippen LogP contribution in [0.1, 0.15) is 17.5 Å². The lowest BCUT2D eigenvalue weighted by Gasteiger charge is -2.12. The van der Waals surface area contributed by atoms with E-state index in [4.69, 9.17) is 16.3 Å². The van der Waals surface area contributed by atoms with Crippen LogP contribution in [-0.4, -0.2) is 46.0 Å². The Labute approximate surface area is 139 Å². The van der Waals surface area contributed by atoms with Crippen molar-refractivity contribution >= 4 is 17.5 Å². The van der Waals surface area contributed by atoms with E-state index in [-0.39, 0.29) is 0 Å². The van der Waals surface area contributed by atoms with Gasteiger partial charge in [0.15, 0.2) is 6.10 Å². The topological polar surface area (TPSA) is 89.3 Å². The first-order valence-electron chi connectivity index (χ1n) is 7.18. The third-order valence-electron chi connectivity index (χ3n) is 3.31. The van der Waals surface area contributed by atoms with E-state index in [9.17, 15) is 9.90 Å². The maximum absolute atomic E-state index is 12.0. The van der Waals surface area contributed by atoms with Crippen molar-refractivity contribution in [3.63, 3.8) is 0 Å². The number of aliphatic hydroxyl groups is 1. The zero-order valence-corrected chi connectivity index (χ0v) is 13.5. The number of halogens is 1. The molecule has 2 aromatic rings. The van der Waals surface area contributed by atoms with E-state index in [1.54, 1.807) is 37.7 Å². The molecular formula is C15H19ClN4O3. The number of hydrogen-bond donors (Lipinski definition) is 2. The molecule has 8 heteroatoms. The van der Waals surface area contributed by atoms with Gasteiger partial charge in [-0.1, -0.05) is 23.7 Å². The number of methoxy groups -OCH3 is 1. The minimum atomic E-state index is -1.22. The number of nitrogens with one attached hydrogen (secondary N) is 1. The highest BCUT2D eigenvalue weighted by Gasteiger charge is 2.17. The summed E-state index contributed by atoms with van der Waals surface area (Å²) in [5, 5.41) is 21.1. The lowest BCUT2D eigenvalue weighted by atomic mass is 10.1. The molecule has 0 saturated heterocycles. The van der Waals surface area contributed by atoms with Crippen molar-refractivity contribution < 1.29 is 14.6 Å². The lowest BCUT2D eigenvalue weighted by Crippen LogP contribution is -2.31. The van der Waals surface area contributed by atoms with Crippen molar-refractivity contribution in [2.75, 3.05) is 20.3 Å². The summed E-state index contributed by atoms with van der Waals surface area (Å²) in [5.74, 6) is 0.290. The number of benzene rings is 1. The third-order valence-corrected chi connectivity index (χ3v) is 3.57. The van der Waals surface area contributed by atoms with Gasteiger partial charge in [-0.15, -0.1) is 10.2 Å². The first-order valence-corrected chi connectivity index (χ1v) is 7.56. The fraction of sp³-hybridized carbons (Fsp3) is 0.400. The van der Waals surface area contributed by atoms with Crippen molar-refractivity contribution in [1.29, 1.82) is 0 Å². The smallest absolute Gasteiger partial charge is 0.253 e. The molecule has 0 aliphatic heterocycles. The molecule has 1 heterocycles. The van der Waals surface area contributed by atoms with Crippen LogP contribution >= 0.6 is 11.6 Å².